The molecule has 19 heavy (non-hydrogen) atoms. The standard InChI is InChI=1S/C14H20N4S/c1-19-11-5-3-2-4-8-16-13-7-6-12-14(18-13)17-10-9-15-12/h6-7,9-10H,2-5,8,11H2,1H3,(H,16,17,18). The molecule has 0 saturated carbocycles. The summed E-state index contributed by atoms with van der Waals surface area (Å²) in [5.41, 5.74) is 1.54. The number of hydrogen-bond acceptors (Lipinski definition) is 5. The second-order valence-corrected chi connectivity index (χ2v) is 5.41. The van der Waals surface area contributed by atoms with Gasteiger partial charge in [-0.05, 0) is 37.0 Å². The Morgan fingerprint density at radius 1 is 1.05 bits per heavy atom. The van der Waals surface area contributed by atoms with Crippen LogP contribution in [0, 0.1) is 0 Å². The smallest absolute Gasteiger partial charge is 0.180 e. The summed E-state index contributed by atoms with van der Waals surface area (Å²) in [7, 11) is 0. The second-order valence-electron chi connectivity index (χ2n) is 4.43. The van der Waals surface area contributed by atoms with E-state index in [2.05, 4.69) is 26.5 Å². The third-order valence-electron chi connectivity index (χ3n) is 2.91. The van der Waals surface area contributed by atoms with Gasteiger partial charge in [0, 0.05) is 18.9 Å². The molecule has 0 saturated heterocycles. The molecular formula is C14H20N4S. The van der Waals surface area contributed by atoms with Gasteiger partial charge in [-0.3, -0.25) is 4.98 Å². The van der Waals surface area contributed by atoms with Gasteiger partial charge in [-0.2, -0.15) is 11.8 Å². The first-order chi connectivity index (χ1) is 9.40. The van der Waals surface area contributed by atoms with Crippen molar-refractivity contribution in [2.45, 2.75) is 25.7 Å². The van der Waals surface area contributed by atoms with Crippen molar-refractivity contribution in [1.29, 1.82) is 0 Å². The van der Waals surface area contributed by atoms with E-state index in [-0.39, 0.29) is 0 Å². The number of pyridine rings is 1. The first kappa shape index (κ1) is 14.1. The van der Waals surface area contributed by atoms with E-state index in [0.717, 1.165) is 17.9 Å². The minimum Gasteiger partial charge on any atom is -0.370 e. The van der Waals surface area contributed by atoms with Crippen LogP contribution in [-0.2, 0) is 0 Å². The number of anilines is 1. The first-order valence-corrected chi connectivity index (χ1v) is 8.10. The van der Waals surface area contributed by atoms with E-state index in [9.17, 15) is 0 Å². The molecule has 2 aromatic heterocycles. The highest BCUT2D eigenvalue weighted by molar-refractivity contribution is 7.98. The Labute approximate surface area is 118 Å². The highest BCUT2D eigenvalue weighted by Gasteiger charge is 1.99. The predicted molar refractivity (Wildman–Crippen MR) is 82.7 cm³/mol. The van der Waals surface area contributed by atoms with E-state index in [1.807, 2.05) is 23.9 Å². The zero-order chi connectivity index (χ0) is 13.3. The summed E-state index contributed by atoms with van der Waals surface area (Å²) in [6.07, 6.45) is 10.6. The van der Waals surface area contributed by atoms with E-state index in [1.54, 1.807) is 12.4 Å². The van der Waals surface area contributed by atoms with Crippen LogP contribution in [-0.4, -0.2) is 33.5 Å². The van der Waals surface area contributed by atoms with Gasteiger partial charge in [0.1, 0.15) is 11.3 Å². The molecule has 0 unspecified atom stereocenters. The van der Waals surface area contributed by atoms with Crippen LogP contribution >= 0.6 is 11.8 Å². The monoisotopic (exact) mass is 276 g/mol. The summed E-state index contributed by atoms with van der Waals surface area (Å²) in [5.74, 6) is 2.16. The summed E-state index contributed by atoms with van der Waals surface area (Å²) < 4.78 is 0. The summed E-state index contributed by atoms with van der Waals surface area (Å²) in [6.45, 7) is 0.970. The van der Waals surface area contributed by atoms with Crippen molar-refractivity contribution in [1.82, 2.24) is 15.0 Å². The zero-order valence-corrected chi connectivity index (χ0v) is 12.1. The SMILES string of the molecule is CSCCCCCCNc1ccc2nccnc2n1. The molecular weight excluding hydrogens is 256 g/mol. The molecule has 0 fully saturated rings. The van der Waals surface area contributed by atoms with E-state index >= 15 is 0 Å². The molecule has 0 atom stereocenters. The maximum absolute atomic E-state index is 4.43. The van der Waals surface area contributed by atoms with E-state index in [4.69, 9.17) is 0 Å². The lowest BCUT2D eigenvalue weighted by Crippen LogP contribution is -2.03. The number of unbranched alkanes of at least 4 members (excludes halogenated alkanes) is 3. The number of hydrogen-bond donors (Lipinski definition) is 1. The number of thioether (sulfide) groups is 1. The van der Waals surface area contributed by atoms with Gasteiger partial charge in [0.25, 0.3) is 0 Å². The Balaban J connectivity index is 1.72. The molecule has 0 amide bonds. The summed E-state index contributed by atoms with van der Waals surface area (Å²) in [6, 6.07) is 3.92. The largest absolute Gasteiger partial charge is 0.370 e. The molecule has 0 aliphatic rings. The molecule has 0 aromatic carbocycles. The van der Waals surface area contributed by atoms with Crippen molar-refractivity contribution in [2.75, 3.05) is 23.9 Å². The van der Waals surface area contributed by atoms with Crippen LogP contribution in [0.2, 0.25) is 0 Å². The maximum Gasteiger partial charge on any atom is 0.180 e. The average Bonchev–Trinajstić information content (AvgIpc) is 2.46. The molecule has 0 aliphatic carbocycles. The Morgan fingerprint density at radius 2 is 1.89 bits per heavy atom. The highest BCUT2D eigenvalue weighted by atomic mass is 32.2. The first-order valence-electron chi connectivity index (χ1n) is 6.71. The van der Waals surface area contributed by atoms with E-state index in [1.165, 1.54) is 31.4 Å². The Morgan fingerprint density at radius 3 is 2.79 bits per heavy atom. The van der Waals surface area contributed by atoms with Gasteiger partial charge in [-0.15, -0.1) is 0 Å². The summed E-state index contributed by atoms with van der Waals surface area (Å²) in [4.78, 5) is 12.8. The fourth-order valence-electron chi connectivity index (χ4n) is 1.89. The molecule has 0 bridgehead atoms. The number of nitrogens with one attached hydrogen (secondary N) is 1. The Hall–Kier alpha value is -1.36. The number of nitrogens with zero attached hydrogens (tertiary/aromatic N) is 3. The van der Waals surface area contributed by atoms with Gasteiger partial charge in [-0.1, -0.05) is 12.8 Å². The van der Waals surface area contributed by atoms with Gasteiger partial charge in [0.05, 0.1) is 0 Å². The number of rotatable bonds is 8. The molecule has 0 radical (unpaired) electrons. The minimum atomic E-state index is 0.701. The molecule has 2 rings (SSSR count). The maximum atomic E-state index is 4.43. The number of aromatic nitrogens is 3. The number of fused-ring (bicyclic) bond motifs is 1. The minimum absolute atomic E-state index is 0.701. The third kappa shape index (κ3) is 4.67. The van der Waals surface area contributed by atoms with Gasteiger partial charge in [0.2, 0.25) is 0 Å². The Bertz CT molecular complexity index is 504. The van der Waals surface area contributed by atoms with Gasteiger partial charge in [-0.25, -0.2) is 9.97 Å². The van der Waals surface area contributed by atoms with Gasteiger partial charge in [0.15, 0.2) is 5.65 Å². The molecule has 5 heteroatoms. The van der Waals surface area contributed by atoms with Gasteiger partial charge >= 0.3 is 0 Å². The summed E-state index contributed by atoms with van der Waals surface area (Å²) >= 11 is 1.92. The average molecular weight is 276 g/mol. The van der Waals surface area contributed by atoms with Crippen molar-refractivity contribution >= 4 is 28.7 Å². The van der Waals surface area contributed by atoms with Crippen molar-refractivity contribution in [3.05, 3.63) is 24.5 Å². The highest BCUT2D eigenvalue weighted by Crippen LogP contribution is 2.10. The van der Waals surface area contributed by atoms with Crippen molar-refractivity contribution in [3.63, 3.8) is 0 Å². The lowest BCUT2D eigenvalue weighted by molar-refractivity contribution is 0.688. The van der Waals surface area contributed by atoms with Crippen LogP contribution in [0.1, 0.15) is 25.7 Å². The normalized spacial score (nSPS) is 10.8. The van der Waals surface area contributed by atoms with Crippen LogP contribution in [0.4, 0.5) is 5.82 Å². The van der Waals surface area contributed by atoms with E-state index < -0.39 is 0 Å². The van der Waals surface area contributed by atoms with Crippen LogP contribution in [0.25, 0.3) is 11.2 Å². The molecule has 4 nitrogen and oxygen atoms in total. The lowest BCUT2D eigenvalue weighted by Gasteiger charge is -2.05. The van der Waals surface area contributed by atoms with Gasteiger partial charge < -0.3 is 5.32 Å². The second kappa shape index (κ2) is 7.94. The topological polar surface area (TPSA) is 50.7 Å². The van der Waals surface area contributed by atoms with E-state index in [0.29, 0.717) is 5.65 Å². The van der Waals surface area contributed by atoms with Crippen LogP contribution in [0.15, 0.2) is 24.5 Å². The van der Waals surface area contributed by atoms with Crippen molar-refractivity contribution in [3.8, 4) is 0 Å². The molecule has 102 valence electrons. The molecule has 0 spiro atoms. The zero-order valence-electron chi connectivity index (χ0n) is 11.3. The molecule has 0 aliphatic heterocycles. The molecule has 1 N–H and O–H groups in total. The molecule has 2 heterocycles. The fraction of sp³-hybridized carbons (Fsp3) is 0.500. The predicted octanol–water partition coefficient (Wildman–Crippen LogP) is 3.36. The lowest BCUT2D eigenvalue weighted by atomic mass is 10.2. The van der Waals surface area contributed by atoms with Crippen LogP contribution < -0.4 is 5.32 Å². The fourth-order valence-corrected chi connectivity index (χ4v) is 2.39. The van der Waals surface area contributed by atoms with Crippen molar-refractivity contribution in [2.24, 2.45) is 0 Å². The van der Waals surface area contributed by atoms with Crippen LogP contribution in [0.5, 0.6) is 0 Å². The third-order valence-corrected chi connectivity index (χ3v) is 3.61. The van der Waals surface area contributed by atoms with Crippen LogP contribution in [0.3, 0.4) is 0 Å². The molecule has 2 aromatic rings. The summed E-state index contributed by atoms with van der Waals surface area (Å²) in [5, 5.41) is 3.34. The van der Waals surface area contributed by atoms with Crippen molar-refractivity contribution < 1.29 is 0 Å². The quantitative estimate of drug-likeness (QED) is 0.749. The Kier molecular flexibility index (Phi) is 5.88.